The Kier molecular flexibility index (Phi) is 9.61. The van der Waals surface area contributed by atoms with Crippen LogP contribution in [0.15, 0.2) is 41.4 Å². The zero-order valence-corrected chi connectivity index (χ0v) is 29.2. The molecule has 1 fully saturated rings. The molecular weight excluding hydrogens is 692 g/mol. The molecule has 2 atom stereocenters. The minimum atomic E-state index is -0.564. The molecule has 9 nitrogen and oxygen atoms in total. The summed E-state index contributed by atoms with van der Waals surface area (Å²) in [6.07, 6.45) is 4.96. The molecule has 5 rings (SSSR count). The van der Waals surface area contributed by atoms with Gasteiger partial charge in [0.05, 0.1) is 53.9 Å². The van der Waals surface area contributed by atoms with Crippen molar-refractivity contribution in [2.24, 2.45) is 5.92 Å². The van der Waals surface area contributed by atoms with Crippen molar-refractivity contribution in [1.29, 1.82) is 5.26 Å². The van der Waals surface area contributed by atoms with Crippen molar-refractivity contribution in [3.8, 4) is 17.3 Å². The fourth-order valence-electron chi connectivity index (χ4n) is 6.09. The lowest BCUT2D eigenvalue weighted by Gasteiger charge is -2.41. The van der Waals surface area contributed by atoms with Gasteiger partial charge in [-0.05, 0) is 49.8 Å². The topological polar surface area (TPSA) is 120 Å². The van der Waals surface area contributed by atoms with Crippen LogP contribution in [0.4, 0.5) is 11.4 Å². The zero-order valence-electron chi connectivity index (χ0n) is 25.4. The van der Waals surface area contributed by atoms with E-state index in [4.69, 9.17) is 68.7 Å². The molecule has 240 valence electrons. The number of nitriles is 1. The molecule has 2 aliphatic rings. The van der Waals surface area contributed by atoms with Gasteiger partial charge in [0.2, 0.25) is 5.91 Å². The third-order valence-corrected chi connectivity index (χ3v) is 10.5. The molecular formula is C32H30Cl5N7O2. The maximum absolute atomic E-state index is 14.6. The van der Waals surface area contributed by atoms with E-state index in [-0.39, 0.29) is 77.2 Å². The summed E-state index contributed by atoms with van der Waals surface area (Å²) in [5.74, 6) is -0.152. The van der Waals surface area contributed by atoms with Crippen LogP contribution in [-0.4, -0.2) is 52.1 Å². The molecule has 46 heavy (non-hydrogen) atoms. The van der Waals surface area contributed by atoms with Crippen LogP contribution in [0.2, 0.25) is 25.1 Å². The van der Waals surface area contributed by atoms with Crippen molar-refractivity contribution < 1.29 is 4.79 Å². The third-order valence-electron chi connectivity index (χ3n) is 8.35. The van der Waals surface area contributed by atoms with Crippen LogP contribution < -0.4 is 21.5 Å². The molecule has 3 N–H and O–H groups in total. The summed E-state index contributed by atoms with van der Waals surface area (Å²) in [5, 5.41) is 14.3. The normalized spacial score (nSPS) is 18.3. The highest BCUT2D eigenvalue weighted by Crippen LogP contribution is 2.49. The Bertz CT molecular complexity index is 1950. The van der Waals surface area contributed by atoms with E-state index in [0.717, 1.165) is 5.57 Å². The van der Waals surface area contributed by atoms with E-state index in [2.05, 4.69) is 18.0 Å². The SMILES string of the molecule is C=CC(=O)N1CCN(c2c(C#N)c(=O)n(C3=C(C)C=CNC3C(C)C)c3nc(-c4c(N)c(Cl)c(Cl)c(Cl)c4Cl)c(Cl)cc23)C[C@H]1C. The molecule has 1 amide bonds. The fraction of sp³-hybridized carbons (Fsp3) is 0.312. The lowest BCUT2D eigenvalue weighted by Crippen LogP contribution is -2.54. The minimum absolute atomic E-state index is 0.00661. The van der Waals surface area contributed by atoms with Gasteiger partial charge in [-0.25, -0.2) is 4.98 Å². The Balaban J connectivity index is 1.91. The van der Waals surface area contributed by atoms with E-state index >= 15 is 0 Å². The number of hydrogen-bond donors (Lipinski definition) is 2. The molecule has 1 aromatic carbocycles. The van der Waals surface area contributed by atoms with Gasteiger partial charge in [-0.3, -0.25) is 14.2 Å². The van der Waals surface area contributed by atoms with E-state index < -0.39 is 5.56 Å². The first-order chi connectivity index (χ1) is 21.7. The summed E-state index contributed by atoms with van der Waals surface area (Å²) >= 11 is 32.7. The first-order valence-corrected chi connectivity index (χ1v) is 16.3. The van der Waals surface area contributed by atoms with Gasteiger partial charge < -0.3 is 20.9 Å². The van der Waals surface area contributed by atoms with Crippen LogP contribution in [0.1, 0.15) is 33.3 Å². The molecule has 0 aliphatic carbocycles. The number of dihydropyridines is 1. The van der Waals surface area contributed by atoms with E-state index in [1.54, 1.807) is 11.0 Å². The number of amides is 1. The Labute approximate surface area is 291 Å². The molecule has 0 saturated carbocycles. The predicted molar refractivity (Wildman–Crippen MR) is 189 cm³/mol. The molecule has 1 unspecified atom stereocenters. The molecule has 14 heteroatoms. The van der Waals surface area contributed by atoms with E-state index in [1.165, 1.54) is 10.6 Å². The molecule has 4 heterocycles. The van der Waals surface area contributed by atoms with Gasteiger partial charge in [-0.2, -0.15) is 5.26 Å². The zero-order chi connectivity index (χ0) is 33.8. The van der Waals surface area contributed by atoms with Crippen molar-refractivity contribution in [2.45, 2.75) is 39.8 Å². The second kappa shape index (κ2) is 13.0. The number of anilines is 2. The third kappa shape index (κ3) is 5.50. The number of fused-ring (bicyclic) bond motifs is 1. The first-order valence-electron chi connectivity index (χ1n) is 14.4. The standard InChI is InChI=1S/C32H30Cl5N7O2/c1-6-20(45)43-10-9-42(13-16(43)5)30-17-11-19(33)28(21-22(34)23(35)24(36)25(37)26(21)39)41-31(17)44(32(46)18(30)12-38)29-15(4)7-8-40-27(29)14(2)3/h6-8,11,14,16,27,40H,1,9-10,13,39H2,2-5H3/t16-,27?/m1/s1. The number of aromatic nitrogens is 2. The minimum Gasteiger partial charge on any atom is -0.397 e. The largest absolute Gasteiger partial charge is 0.397 e. The fourth-order valence-corrected chi connectivity index (χ4v) is 7.29. The number of hydrogen-bond acceptors (Lipinski definition) is 7. The monoisotopic (exact) mass is 719 g/mol. The number of allylic oxidation sites excluding steroid dienone is 2. The number of benzene rings is 1. The number of pyridine rings is 2. The molecule has 3 aromatic rings. The number of piperazine rings is 1. The van der Waals surface area contributed by atoms with Gasteiger partial charge in [0, 0.05) is 36.6 Å². The van der Waals surface area contributed by atoms with Crippen LogP contribution in [0.5, 0.6) is 0 Å². The van der Waals surface area contributed by atoms with E-state index in [0.29, 0.717) is 36.4 Å². The van der Waals surface area contributed by atoms with Crippen LogP contribution in [0.25, 0.3) is 28.0 Å². The van der Waals surface area contributed by atoms with Gasteiger partial charge in [0.25, 0.3) is 5.56 Å². The van der Waals surface area contributed by atoms with Crippen molar-refractivity contribution in [2.75, 3.05) is 30.3 Å². The predicted octanol–water partition coefficient (Wildman–Crippen LogP) is 7.38. The highest BCUT2D eigenvalue weighted by Gasteiger charge is 2.34. The molecule has 1 saturated heterocycles. The van der Waals surface area contributed by atoms with Crippen molar-refractivity contribution in [3.63, 3.8) is 0 Å². The van der Waals surface area contributed by atoms with Crippen molar-refractivity contribution in [1.82, 2.24) is 19.8 Å². The highest BCUT2D eigenvalue weighted by molar-refractivity contribution is 6.54. The summed E-state index contributed by atoms with van der Waals surface area (Å²) in [6.45, 7) is 12.5. The summed E-state index contributed by atoms with van der Waals surface area (Å²) in [6, 6.07) is 3.25. The second-order valence-electron chi connectivity index (χ2n) is 11.5. The van der Waals surface area contributed by atoms with Gasteiger partial charge in [0.1, 0.15) is 17.3 Å². The van der Waals surface area contributed by atoms with Gasteiger partial charge in [0.15, 0.2) is 0 Å². The number of carbonyl (C=O) groups is 1. The Morgan fingerprint density at radius 1 is 1.17 bits per heavy atom. The first kappa shape index (κ1) is 34.0. The Morgan fingerprint density at radius 3 is 2.46 bits per heavy atom. The summed E-state index contributed by atoms with van der Waals surface area (Å²) < 4.78 is 1.46. The van der Waals surface area contributed by atoms with Crippen molar-refractivity contribution in [3.05, 3.63) is 77.6 Å². The maximum atomic E-state index is 14.6. The van der Waals surface area contributed by atoms with Crippen molar-refractivity contribution >= 4 is 92.0 Å². The average molecular weight is 722 g/mol. The average Bonchev–Trinajstić information content (AvgIpc) is 3.02. The number of rotatable bonds is 5. The molecule has 0 radical (unpaired) electrons. The number of nitrogen functional groups attached to an aromatic ring is 1. The lowest BCUT2D eigenvalue weighted by atomic mass is 9.94. The van der Waals surface area contributed by atoms with Crippen LogP contribution in [-0.2, 0) is 4.79 Å². The maximum Gasteiger partial charge on any atom is 0.276 e. The number of carbonyl (C=O) groups excluding carboxylic acids is 1. The molecule has 2 aliphatic heterocycles. The summed E-state index contributed by atoms with van der Waals surface area (Å²) in [5.41, 5.74) is 8.03. The van der Waals surface area contributed by atoms with E-state index in [9.17, 15) is 14.9 Å². The Hall–Kier alpha value is -3.39. The number of nitrogens with zero attached hydrogens (tertiary/aromatic N) is 5. The molecule has 0 spiro atoms. The van der Waals surface area contributed by atoms with Crippen LogP contribution in [0, 0.1) is 17.2 Å². The van der Waals surface area contributed by atoms with Crippen LogP contribution in [0.3, 0.4) is 0 Å². The van der Waals surface area contributed by atoms with Gasteiger partial charge in [-0.15, -0.1) is 0 Å². The summed E-state index contributed by atoms with van der Waals surface area (Å²) in [4.78, 5) is 35.6. The Morgan fingerprint density at radius 2 is 1.85 bits per heavy atom. The van der Waals surface area contributed by atoms with Crippen LogP contribution >= 0.6 is 58.0 Å². The quantitative estimate of drug-likeness (QED) is 0.122. The molecule has 0 bridgehead atoms. The lowest BCUT2D eigenvalue weighted by molar-refractivity contribution is -0.128. The van der Waals surface area contributed by atoms with Gasteiger partial charge in [-0.1, -0.05) is 78.4 Å². The number of halogens is 5. The number of nitrogens with one attached hydrogen (secondary N) is 1. The highest BCUT2D eigenvalue weighted by atomic mass is 35.5. The second-order valence-corrected chi connectivity index (χ2v) is 13.5. The van der Waals surface area contributed by atoms with Gasteiger partial charge >= 0.3 is 0 Å². The summed E-state index contributed by atoms with van der Waals surface area (Å²) in [7, 11) is 0. The smallest absolute Gasteiger partial charge is 0.276 e. The molecule has 2 aromatic heterocycles. The number of nitrogens with two attached hydrogens (primary N) is 1. The van der Waals surface area contributed by atoms with E-state index in [1.807, 2.05) is 44.9 Å².